The number of aromatic nitrogens is 1. The van der Waals surface area contributed by atoms with E-state index in [9.17, 15) is 9.65 Å². The highest BCUT2D eigenvalue weighted by Gasteiger charge is 2.32. The van der Waals surface area contributed by atoms with E-state index in [1.54, 1.807) is 25.4 Å². The minimum Gasteiger partial charge on any atom is -0.494 e. The summed E-state index contributed by atoms with van der Waals surface area (Å²) in [5, 5.41) is 19.7. The molecule has 4 N–H and O–H groups in total. The Balaban J connectivity index is 1.57. The van der Waals surface area contributed by atoms with Gasteiger partial charge in [0.05, 0.1) is 30.1 Å². The number of benzene rings is 2. The van der Waals surface area contributed by atoms with Crippen LogP contribution in [0.5, 0.6) is 5.75 Å². The Kier molecular flexibility index (Phi) is 6.52. The Bertz CT molecular complexity index is 1370. The minimum absolute atomic E-state index is 0.0109. The molecule has 1 aromatic heterocycles. The molecule has 2 heterocycles. The van der Waals surface area contributed by atoms with Crippen molar-refractivity contribution in [3.8, 4) is 11.8 Å². The van der Waals surface area contributed by atoms with Crippen LogP contribution in [-0.2, 0) is 0 Å². The van der Waals surface area contributed by atoms with Crippen LogP contribution in [0.4, 0.5) is 15.8 Å². The number of anilines is 2. The number of methoxy groups -OCH3 is 1. The van der Waals surface area contributed by atoms with Crippen LogP contribution in [0.25, 0.3) is 10.9 Å². The first-order valence-corrected chi connectivity index (χ1v) is 12.4. The third-order valence-corrected chi connectivity index (χ3v) is 6.45. The number of hydrazine groups is 2. The van der Waals surface area contributed by atoms with Crippen LogP contribution in [0.1, 0.15) is 50.8 Å². The van der Waals surface area contributed by atoms with Crippen molar-refractivity contribution in [3.05, 3.63) is 71.4 Å². The van der Waals surface area contributed by atoms with E-state index in [4.69, 9.17) is 4.74 Å². The fourth-order valence-electron chi connectivity index (χ4n) is 4.34. The van der Waals surface area contributed by atoms with Crippen molar-refractivity contribution >= 4 is 22.3 Å². The average molecular weight is 502 g/mol. The molecule has 1 aliphatic heterocycles. The molecule has 1 saturated carbocycles. The van der Waals surface area contributed by atoms with Crippen molar-refractivity contribution in [1.82, 2.24) is 21.0 Å². The summed E-state index contributed by atoms with van der Waals surface area (Å²) in [4.78, 5) is 4.53. The van der Waals surface area contributed by atoms with Crippen LogP contribution in [0, 0.1) is 22.6 Å². The lowest BCUT2D eigenvalue weighted by Gasteiger charge is -2.24. The van der Waals surface area contributed by atoms with E-state index >= 15 is 0 Å². The van der Waals surface area contributed by atoms with E-state index in [0.29, 0.717) is 29.4 Å². The maximum Gasteiger partial charge on any atom is 0.147 e. The van der Waals surface area contributed by atoms with E-state index in [-0.39, 0.29) is 17.3 Å². The largest absolute Gasteiger partial charge is 0.494 e. The highest BCUT2D eigenvalue weighted by atomic mass is 19.1. The second-order valence-corrected chi connectivity index (χ2v) is 10.7. The standard InChI is InChI=1S/C28H32FN7O/c1-28(2,3)16-32-25-18(13-30)14-31-27-22(25)11-20(12-24(27)37-4)33-26(17-5-7-19(29)8-6-17)23-15-36(35-34-23)21-9-10-21/h5-8,11-12,14-15,21,26,33-35H,9-10,16H2,1-4H3,(H,31,32). The second-order valence-electron chi connectivity index (χ2n) is 10.7. The number of rotatable bonds is 8. The predicted octanol–water partition coefficient (Wildman–Crippen LogP) is 5.19. The molecule has 0 amide bonds. The molecule has 0 spiro atoms. The molecule has 1 fully saturated rings. The van der Waals surface area contributed by atoms with Crippen molar-refractivity contribution in [2.75, 3.05) is 24.3 Å². The van der Waals surface area contributed by atoms with Gasteiger partial charge in [-0.1, -0.05) is 32.9 Å². The van der Waals surface area contributed by atoms with Gasteiger partial charge in [-0.3, -0.25) is 9.99 Å². The fourth-order valence-corrected chi connectivity index (χ4v) is 4.34. The SMILES string of the molecule is COc1cc(NC(C2=CN(C3CC3)NN2)c2ccc(F)cc2)cc2c(NCC(C)(C)C)c(C#N)cnc12. The molecular formula is C28H32FN7O. The van der Waals surface area contributed by atoms with Crippen molar-refractivity contribution in [2.45, 2.75) is 45.7 Å². The summed E-state index contributed by atoms with van der Waals surface area (Å²) >= 11 is 0. The highest BCUT2D eigenvalue weighted by molar-refractivity contribution is 5.99. The molecular weight excluding hydrogens is 469 g/mol. The number of nitrogens with one attached hydrogen (secondary N) is 4. The maximum absolute atomic E-state index is 13.7. The second kappa shape index (κ2) is 9.79. The lowest BCUT2D eigenvalue weighted by atomic mass is 9.96. The summed E-state index contributed by atoms with van der Waals surface area (Å²) in [5.74, 6) is 0.304. The first-order chi connectivity index (χ1) is 17.8. The molecule has 37 heavy (non-hydrogen) atoms. The first kappa shape index (κ1) is 24.7. The summed E-state index contributed by atoms with van der Waals surface area (Å²) in [6.45, 7) is 7.09. The molecule has 0 radical (unpaired) electrons. The summed E-state index contributed by atoms with van der Waals surface area (Å²) in [5.41, 5.74) is 11.0. The van der Waals surface area contributed by atoms with Crippen LogP contribution < -0.4 is 26.3 Å². The minimum atomic E-state index is -0.294. The Morgan fingerprint density at radius 1 is 1.24 bits per heavy atom. The molecule has 9 heteroatoms. The molecule has 5 rings (SSSR count). The van der Waals surface area contributed by atoms with Crippen molar-refractivity contribution < 1.29 is 9.13 Å². The van der Waals surface area contributed by atoms with E-state index < -0.39 is 0 Å². The molecule has 0 bridgehead atoms. The summed E-state index contributed by atoms with van der Waals surface area (Å²) in [6, 6.07) is 12.8. The average Bonchev–Trinajstić information content (AvgIpc) is 3.62. The quantitative estimate of drug-likeness (QED) is 0.335. The van der Waals surface area contributed by atoms with Gasteiger partial charge in [-0.25, -0.2) is 4.39 Å². The van der Waals surface area contributed by atoms with E-state index in [1.165, 1.54) is 12.1 Å². The fraction of sp³-hybridized carbons (Fsp3) is 0.357. The van der Waals surface area contributed by atoms with Crippen LogP contribution in [0.3, 0.4) is 0 Å². The van der Waals surface area contributed by atoms with Gasteiger partial charge in [0.2, 0.25) is 0 Å². The zero-order valence-corrected chi connectivity index (χ0v) is 21.5. The van der Waals surface area contributed by atoms with Crippen LogP contribution in [0.2, 0.25) is 0 Å². The number of pyridine rings is 1. The third kappa shape index (κ3) is 5.39. The predicted molar refractivity (Wildman–Crippen MR) is 143 cm³/mol. The van der Waals surface area contributed by atoms with E-state index in [1.807, 2.05) is 12.1 Å². The lowest BCUT2D eigenvalue weighted by Crippen LogP contribution is -2.38. The van der Waals surface area contributed by atoms with Gasteiger partial charge in [0.1, 0.15) is 23.2 Å². The Hall–Kier alpha value is -4.03. The number of halogens is 1. The van der Waals surface area contributed by atoms with Gasteiger partial charge in [-0.15, -0.1) is 5.53 Å². The van der Waals surface area contributed by atoms with Crippen LogP contribution in [0.15, 0.2) is 54.5 Å². The highest BCUT2D eigenvalue weighted by Crippen LogP contribution is 2.38. The van der Waals surface area contributed by atoms with Gasteiger partial charge >= 0.3 is 0 Å². The summed E-state index contributed by atoms with van der Waals surface area (Å²) < 4.78 is 19.5. The van der Waals surface area contributed by atoms with Crippen LogP contribution in [-0.4, -0.2) is 29.7 Å². The number of hydrogen-bond acceptors (Lipinski definition) is 8. The first-order valence-electron chi connectivity index (χ1n) is 12.4. The molecule has 0 saturated heterocycles. The Morgan fingerprint density at radius 2 is 2.00 bits per heavy atom. The van der Waals surface area contributed by atoms with Gasteiger partial charge < -0.3 is 20.8 Å². The number of ether oxygens (including phenoxy) is 1. The van der Waals surface area contributed by atoms with Crippen molar-refractivity contribution in [2.24, 2.45) is 5.41 Å². The van der Waals surface area contributed by atoms with E-state index in [2.05, 4.69) is 64.6 Å². The Morgan fingerprint density at radius 3 is 2.65 bits per heavy atom. The smallest absolute Gasteiger partial charge is 0.147 e. The van der Waals surface area contributed by atoms with Gasteiger partial charge in [-0.05, 0) is 42.0 Å². The van der Waals surface area contributed by atoms with Gasteiger partial charge in [0.25, 0.3) is 0 Å². The van der Waals surface area contributed by atoms with Gasteiger partial charge in [0, 0.05) is 42.1 Å². The number of nitriles is 1. The summed E-state index contributed by atoms with van der Waals surface area (Å²) in [6.07, 6.45) is 5.93. The number of fused-ring (bicyclic) bond motifs is 1. The van der Waals surface area contributed by atoms with Crippen molar-refractivity contribution in [1.29, 1.82) is 5.26 Å². The normalized spacial score (nSPS) is 16.1. The van der Waals surface area contributed by atoms with Crippen molar-refractivity contribution in [3.63, 3.8) is 0 Å². The molecule has 8 nitrogen and oxygen atoms in total. The summed E-state index contributed by atoms with van der Waals surface area (Å²) in [7, 11) is 1.61. The van der Waals surface area contributed by atoms with Gasteiger partial charge in [-0.2, -0.15) is 5.26 Å². The lowest BCUT2D eigenvalue weighted by molar-refractivity contribution is 0.260. The topological polar surface area (TPSA) is 97.3 Å². The van der Waals surface area contributed by atoms with Crippen LogP contribution >= 0.6 is 0 Å². The molecule has 1 aliphatic carbocycles. The third-order valence-electron chi connectivity index (χ3n) is 6.45. The molecule has 2 aromatic carbocycles. The van der Waals surface area contributed by atoms with Gasteiger partial charge in [0.15, 0.2) is 0 Å². The molecule has 192 valence electrons. The molecule has 1 atom stereocenters. The molecule has 1 unspecified atom stereocenters. The van der Waals surface area contributed by atoms with E-state index in [0.717, 1.165) is 40.9 Å². The molecule has 2 aliphatic rings. The number of nitrogens with zero attached hydrogens (tertiary/aromatic N) is 3. The monoisotopic (exact) mass is 501 g/mol. The zero-order valence-electron chi connectivity index (χ0n) is 21.5. The molecule has 3 aromatic rings. The zero-order chi connectivity index (χ0) is 26.2. The number of hydrogen-bond donors (Lipinski definition) is 4. The Labute approximate surface area is 216 Å². The maximum atomic E-state index is 13.7.